The van der Waals surface area contributed by atoms with Gasteiger partial charge in [0.25, 0.3) is 0 Å². The SMILES string of the molecule is Cl.N#Cc1cnc2sc(I)c(Nc3ccc4[nH]ccc4c3)c2c1. The minimum absolute atomic E-state index is 0. The highest BCUT2D eigenvalue weighted by molar-refractivity contribution is 14.1. The Morgan fingerprint density at radius 2 is 2.13 bits per heavy atom. The number of hydrogen-bond donors (Lipinski definition) is 2. The van der Waals surface area contributed by atoms with Crippen molar-refractivity contribution in [1.82, 2.24) is 9.97 Å². The molecule has 114 valence electrons. The van der Waals surface area contributed by atoms with Crippen molar-refractivity contribution < 1.29 is 0 Å². The van der Waals surface area contributed by atoms with Crippen molar-refractivity contribution in [3.8, 4) is 6.07 Å². The van der Waals surface area contributed by atoms with Crippen molar-refractivity contribution in [1.29, 1.82) is 5.26 Å². The molecule has 0 saturated heterocycles. The van der Waals surface area contributed by atoms with Crippen molar-refractivity contribution in [2.24, 2.45) is 0 Å². The summed E-state index contributed by atoms with van der Waals surface area (Å²) < 4.78 is 1.13. The first-order valence-corrected chi connectivity index (χ1v) is 8.46. The van der Waals surface area contributed by atoms with E-state index in [4.69, 9.17) is 5.26 Å². The number of rotatable bonds is 2. The number of nitrogens with one attached hydrogen (secondary N) is 2. The number of aromatic amines is 1. The van der Waals surface area contributed by atoms with E-state index in [1.807, 2.05) is 24.4 Å². The number of aromatic nitrogens is 2. The summed E-state index contributed by atoms with van der Waals surface area (Å²) in [6, 6.07) is 12.3. The van der Waals surface area contributed by atoms with Crippen LogP contribution in [-0.2, 0) is 0 Å². The van der Waals surface area contributed by atoms with E-state index in [0.29, 0.717) is 5.56 Å². The molecule has 4 nitrogen and oxygen atoms in total. The van der Waals surface area contributed by atoms with E-state index in [0.717, 1.165) is 35.4 Å². The van der Waals surface area contributed by atoms with Crippen molar-refractivity contribution in [3.05, 3.63) is 51.2 Å². The monoisotopic (exact) mass is 452 g/mol. The van der Waals surface area contributed by atoms with Crippen LogP contribution in [0.1, 0.15) is 5.56 Å². The van der Waals surface area contributed by atoms with Crippen LogP contribution in [0, 0.1) is 14.2 Å². The Hall–Kier alpha value is -1.82. The summed E-state index contributed by atoms with van der Waals surface area (Å²) in [5.41, 5.74) is 3.72. The first-order valence-electron chi connectivity index (χ1n) is 6.57. The molecule has 3 aromatic heterocycles. The number of nitriles is 1. The van der Waals surface area contributed by atoms with Crippen molar-refractivity contribution in [3.63, 3.8) is 0 Å². The third kappa shape index (κ3) is 2.87. The van der Waals surface area contributed by atoms with E-state index in [9.17, 15) is 0 Å². The van der Waals surface area contributed by atoms with Gasteiger partial charge in [-0.1, -0.05) is 0 Å². The number of anilines is 2. The fourth-order valence-corrected chi connectivity index (χ4v) is 4.27. The van der Waals surface area contributed by atoms with Crippen LogP contribution in [0.4, 0.5) is 11.4 Å². The van der Waals surface area contributed by atoms with E-state index >= 15 is 0 Å². The number of halogens is 2. The number of nitrogens with zero attached hydrogens (tertiary/aromatic N) is 2. The van der Waals surface area contributed by atoms with Crippen LogP contribution in [0.3, 0.4) is 0 Å². The van der Waals surface area contributed by atoms with Gasteiger partial charge < -0.3 is 10.3 Å². The smallest absolute Gasteiger partial charge is 0.126 e. The standard InChI is InChI=1S/C16H9IN4S.ClH/c17-15-14(12-5-9(7-18)8-20-16(12)22-15)21-11-1-2-13-10(6-11)3-4-19-13;/h1-6,8,19,21H;1H. The van der Waals surface area contributed by atoms with Gasteiger partial charge in [-0.15, -0.1) is 23.7 Å². The Kier molecular flexibility index (Phi) is 4.43. The molecule has 0 aliphatic rings. The summed E-state index contributed by atoms with van der Waals surface area (Å²) in [5, 5.41) is 14.7. The molecule has 0 amide bonds. The summed E-state index contributed by atoms with van der Waals surface area (Å²) in [6.07, 6.45) is 3.55. The van der Waals surface area contributed by atoms with E-state index in [1.54, 1.807) is 17.5 Å². The molecular weight excluding hydrogens is 443 g/mol. The predicted molar refractivity (Wildman–Crippen MR) is 106 cm³/mol. The fourth-order valence-electron chi connectivity index (χ4n) is 2.41. The quantitative estimate of drug-likeness (QED) is 0.399. The minimum Gasteiger partial charge on any atom is -0.361 e. The molecule has 0 fully saturated rings. The van der Waals surface area contributed by atoms with E-state index in [-0.39, 0.29) is 12.4 Å². The molecule has 0 radical (unpaired) electrons. The number of thiophene rings is 1. The molecule has 0 atom stereocenters. The third-order valence-corrected chi connectivity index (χ3v) is 5.56. The highest BCUT2D eigenvalue weighted by atomic mass is 127. The maximum absolute atomic E-state index is 9.07. The summed E-state index contributed by atoms with van der Waals surface area (Å²) in [4.78, 5) is 8.49. The Bertz CT molecular complexity index is 1050. The van der Waals surface area contributed by atoms with Crippen LogP contribution in [0.15, 0.2) is 42.7 Å². The van der Waals surface area contributed by atoms with Crippen LogP contribution in [0.5, 0.6) is 0 Å². The van der Waals surface area contributed by atoms with Crippen LogP contribution >= 0.6 is 46.3 Å². The second-order valence-corrected chi connectivity index (χ2v) is 7.65. The highest BCUT2D eigenvalue weighted by Gasteiger charge is 2.12. The van der Waals surface area contributed by atoms with E-state index in [2.05, 4.69) is 56.1 Å². The van der Waals surface area contributed by atoms with Crippen LogP contribution < -0.4 is 5.32 Å². The molecule has 0 unspecified atom stereocenters. The summed E-state index contributed by atoms with van der Waals surface area (Å²) in [6.45, 7) is 0. The van der Waals surface area contributed by atoms with Gasteiger partial charge >= 0.3 is 0 Å². The molecule has 0 spiro atoms. The molecule has 7 heteroatoms. The molecule has 2 N–H and O–H groups in total. The fraction of sp³-hybridized carbons (Fsp3) is 0. The van der Waals surface area contributed by atoms with Gasteiger partial charge in [0.1, 0.15) is 10.9 Å². The Balaban J connectivity index is 0.00000156. The van der Waals surface area contributed by atoms with Crippen LogP contribution in [0.2, 0.25) is 0 Å². The zero-order valence-corrected chi connectivity index (χ0v) is 15.4. The number of benzene rings is 1. The lowest BCUT2D eigenvalue weighted by molar-refractivity contribution is 1.39. The van der Waals surface area contributed by atoms with Crippen molar-refractivity contribution in [2.75, 3.05) is 5.32 Å². The van der Waals surface area contributed by atoms with Gasteiger partial charge in [-0.3, -0.25) is 0 Å². The van der Waals surface area contributed by atoms with Crippen molar-refractivity contribution in [2.45, 2.75) is 0 Å². The summed E-state index contributed by atoms with van der Waals surface area (Å²) in [7, 11) is 0. The Labute approximate surface area is 156 Å². The molecular formula is C16H10ClIN4S. The minimum atomic E-state index is 0. The van der Waals surface area contributed by atoms with Gasteiger partial charge in [-0.05, 0) is 52.9 Å². The summed E-state index contributed by atoms with van der Waals surface area (Å²) in [5.74, 6) is 0. The lowest BCUT2D eigenvalue weighted by Gasteiger charge is -2.06. The predicted octanol–water partition coefficient (Wildman–Crippen LogP) is 5.42. The Morgan fingerprint density at radius 1 is 1.26 bits per heavy atom. The van der Waals surface area contributed by atoms with Crippen molar-refractivity contribution >= 4 is 78.8 Å². The van der Waals surface area contributed by atoms with E-state index in [1.165, 1.54) is 0 Å². The molecule has 0 bridgehead atoms. The second-order valence-electron chi connectivity index (χ2n) is 4.84. The number of H-pyrrole nitrogens is 1. The van der Waals surface area contributed by atoms with Gasteiger partial charge in [0, 0.05) is 34.4 Å². The molecule has 4 rings (SSSR count). The molecule has 1 aromatic carbocycles. The number of hydrogen-bond acceptors (Lipinski definition) is 4. The highest BCUT2D eigenvalue weighted by Crippen LogP contribution is 2.38. The van der Waals surface area contributed by atoms with E-state index < -0.39 is 0 Å². The maximum atomic E-state index is 9.07. The van der Waals surface area contributed by atoms with Gasteiger partial charge in [0.2, 0.25) is 0 Å². The van der Waals surface area contributed by atoms with Crippen LogP contribution in [-0.4, -0.2) is 9.97 Å². The second kappa shape index (κ2) is 6.35. The third-order valence-electron chi connectivity index (χ3n) is 3.46. The zero-order valence-electron chi connectivity index (χ0n) is 11.6. The number of fused-ring (bicyclic) bond motifs is 2. The molecule has 23 heavy (non-hydrogen) atoms. The average Bonchev–Trinajstić information content (AvgIpc) is 3.11. The molecule has 0 saturated carbocycles. The molecule has 4 aromatic rings. The molecule has 0 aliphatic carbocycles. The average molecular weight is 453 g/mol. The van der Waals surface area contributed by atoms with Gasteiger partial charge in [0.05, 0.1) is 14.1 Å². The molecule has 3 heterocycles. The molecule has 0 aliphatic heterocycles. The van der Waals surface area contributed by atoms with Gasteiger partial charge in [-0.25, -0.2) is 4.98 Å². The first kappa shape index (κ1) is 16.1. The number of pyridine rings is 1. The first-order chi connectivity index (χ1) is 10.7. The topological polar surface area (TPSA) is 64.5 Å². The largest absolute Gasteiger partial charge is 0.361 e. The van der Waals surface area contributed by atoms with Crippen LogP contribution in [0.25, 0.3) is 21.1 Å². The lowest BCUT2D eigenvalue weighted by Crippen LogP contribution is -1.91. The van der Waals surface area contributed by atoms with Gasteiger partial charge in [0.15, 0.2) is 0 Å². The summed E-state index contributed by atoms with van der Waals surface area (Å²) >= 11 is 3.93. The van der Waals surface area contributed by atoms with Gasteiger partial charge in [-0.2, -0.15) is 5.26 Å². The zero-order chi connectivity index (χ0) is 15.1. The lowest BCUT2D eigenvalue weighted by atomic mass is 10.2. The Morgan fingerprint density at radius 3 is 2.96 bits per heavy atom. The maximum Gasteiger partial charge on any atom is 0.126 e. The normalized spacial score (nSPS) is 10.4.